The Balaban J connectivity index is 2.14. The number of rotatable bonds is 4. The number of carboxylic acids is 1. The Bertz CT molecular complexity index is 400. The van der Waals surface area contributed by atoms with Gasteiger partial charge in [-0.05, 0) is 30.9 Å². The molecule has 4 heteroatoms. The minimum absolute atomic E-state index is 0.0576. The molecule has 1 saturated carbocycles. The predicted molar refractivity (Wildman–Crippen MR) is 51.9 cm³/mol. The molecule has 2 rings (SSSR count). The molecule has 80 valence electrons. The lowest BCUT2D eigenvalue weighted by atomic mass is 9.99. The van der Waals surface area contributed by atoms with Gasteiger partial charge >= 0.3 is 5.97 Å². The number of carboxylic acid groups (broad SMARTS) is 1. The van der Waals surface area contributed by atoms with Gasteiger partial charge in [0.2, 0.25) is 11.5 Å². The van der Waals surface area contributed by atoms with Crippen LogP contribution in [0.3, 0.4) is 0 Å². The molecule has 1 aromatic rings. The van der Waals surface area contributed by atoms with E-state index >= 15 is 0 Å². The van der Waals surface area contributed by atoms with Crippen LogP contribution in [0.5, 0.6) is 0 Å². The molecule has 1 heterocycles. The quantitative estimate of drug-likeness (QED) is 0.770. The lowest BCUT2D eigenvalue weighted by Crippen LogP contribution is -2.12. The number of hydrogen-bond donors (Lipinski definition) is 1. The first-order chi connectivity index (χ1) is 7.09. The smallest absolute Gasteiger partial charge is 0.371 e. The van der Waals surface area contributed by atoms with E-state index in [1.165, 1.54) is 12.1 Å². The molecule has 1 atom stereocenters. The monoisotopic (exact) mass is 208 g/mol. The van der Waals surface area contributed by atoms with E-state index in [2.05, 4.69) is 0 Å². The van der Waals surface area contributed by atoms with E-state index < -0.39 is 5.97 Å². The van der Waals surface area contributed by atoms with Gasteiger partial charge in [0.05, 0.1) is 0 Å². The zero-order valence-corrected chi connectivity index (χ0v) is 8.40. The number of hydrogen-bond acceptors (Lipinski definition) is 3. The molecule has 0 radical (unpaired) electrons. The fourth-order valence-corrected chi connectivity index (χ4v) is 1.62. The summed E-state index contributed by atoms with van der Waals surface area (Å²) in [6.07, 6.45) is 2.17. The third kappa shape index (κ3) is 1.93. The number of carbonyl (C=O) groups excluding carboxylic acids is 1. The Morgan fingerprint density at radius 1 is 1.40 bits per heavy atom. The summed E-state index contributed by atoms with van der Waals surface area (Å²) >= 11 is 0. The van der Waals surface area contributed by atoms with Gasteiger partial charge < -0.3 is 9.52 Å². The normalized spacial score (nSPS) is 17.4. The summed E-state index contributed by atoms with van der Waals surface area (Å²) in [4.78, 5) is 22.3. The number of carbonyl (C=O) groups is 2. The first kappa shape index (κ1) is 9.96. The number of aromatic carboxylic acids is 1. The maximum atomic E-state index is 11.8. The van der Waals surface area contributed by atoms with Crippen LogP contribution in [0.4, 0.5) is 0 Å². The summed E-state index contributed by atoms with van der Waals surface area (Å²) in [5.41, 5.74) is 0. The van der Waals surface area contributed by atoms with E-state index in [0.717, 1.165) is 12.8 Å². The van der Waals surface area contributed by atoms with Gasteiger partial charge in [-0.1, -0.05) is 6.92 Å². The second-order valence-electron chi connectivity index (χ2n) is 3.96. The van der Waals surface area contributed by atoms with Gasteiger partial charge in [-0.15, -0.1) is 0 Å². The molecule has 0 saturated heterocycles. The first-order valence-electron chi connectivity index (χ1n) is 4.97. The van der Waals surface area contributed by atoms with E-state index in [1.54, 1.807) is 0 Å². The van der Waals surface area contributed by atoms with Crippen LogP contribution in [0, 0.1) is 11.8 Å². The Morgan fingerprint density at radius 3 is 2.47 bits per heavy atom. The first-order valence-corrected chi connectivity index (χ1v) is 4.97. The summed E-state index contributed by atoms with van der Waals surface area (Å²) < 4.78 is 4.96. The van der Waals surface area contributed by atoms with Crippen molar-refractivity contribution in [3.8, 4) is 0 Å². The lowest BCUT2D eigenvalue weighted by molar-refractivity contribution is 0.0659. The van der Waals surface area contributed by atoms with Crippen LogP contribution in [0.15, 0.2) is 16.5 Å². The topological polar surface area (TPSA) is 67.5 Å². The summed E-state index contributed by atoms with van der Waals surface area (Å²) in [6, 6.07) is 2.75. The van der Waals surface area contributed by atoms with Crippen molar-refractivity contribution < 1.29 is 19.1 Å². The molecular formula is C11H12O4. The van der Waals surface area contributed by atoms with Crippen LogP contribution < -0.4 is 0 Å². The van der Waals surface area contributed by atoms with Crippen molar-refractivity contribution in [3.63, 3.8) is 0 Å². The van der Waals surface area contributed by atoms with Gasteiger partial charge in [-0.3, -0.25) is 4.79 Å². The molecule has 1 fully saturated rings. The van der Waals surface area contributed by atoms with Gasteiger partial charge in [0.15, 0.2) is 5.76 Å². The van der Waals surface area contributed by atoms with Crippen molar-refractivity contribution in [3.05, 3.63) is 23.7 Å². The molecule has 1 aliphatic rings. The van der Waals surface area contributed by atoms with Gasteiger partial charge in [-0.2, -0.15) is 0 Å². The molecule has 0 amide bonds. The highest BCUT2D eigenvalue weighted by Gasteiger charge is 2.34. The molecule has 1 unspecified atom stereocenters. The Morgan fingerprint density at radius 2 is 2.00 bits per heavy atom. The molecule has 1 N–H and O–H groups in total. The van der Waals surface area contributed by atoms with Gasteiger partial charge in [0, 0.05) is 5.92 Å². The van der Waals surface area contributed by atoms with Crippen LogP contribution in [0.25, 0.3) is 0 Å². The van der Waals surface area contributed by atoms with Crippen LogP contribution >= 0.6 is 0 Å². The van der Waals surface area contributed by atoms with Crippen LogP contribution in [0.1, 0.15) is 40.9 Å². The Kier molecular flexibility index (Phi) is 2.34. The van der Waals surface area contributed by atoms with Crippen molar-refractivity contribution >= 4 is 11.8 Å². The predicted octanol–water partition coefficient (Wildman–Crippen LogP) is 2.21. The van der Waals surface area contributed by atoms with E-state index in [1.807, 2.05) is 6.92 Å². The fraction of sp³-hybridized carbons (Fsp3) is 0.455. The summed E-state index contributed by atoms with van der Waals surface area (Å²) in [5, 5.41) is 8.64. The summed E-state index contributed by atoms with van der Waals surface area (Å²) in [6.45, 7) is 1.86. The second-order valence-corrected chi connectivity index (χ2v) is 3.96. The fourth-order valence-electron chi connectivity index (χ4n) is 1.62. The van der Waals surface area contributed by atoms with Crippen LogP contribution in [0.2, 0.25) is 0 Å². The average molecular weight is 208 g/mol. The molecule has 4 nitrogen and oxygen atoms in total. The van der Waals surface area contributed by atoms with Crippen molar-refractivity contribution in [2.75, 3.05) is 0 Å². The number of ketones is 1. The minimum atomic E-state index is -1.15. The summed E-state index contributed by atoms with van der Waals surface area (Å²) in [5.74, 6) is -0.861. The third-order valence-electron chi connectivity index (χ3n) is 2.80. The maximum Gasteiger partial charge on any atom is 0.371 e. The van der Waals surface area contributed by atoms with Crippen LogP contribution in [-0.2, 0) is 0 Å². The van der Waals surface area contributed by atoms with Gasteiger partial charge in [-0.25, -0.2) is 4.79 Å². The van der Waals surface area contributed by atoms with Crippen molar-refractivity contribution in [2.45, 2.75) is 19.8 Å². The minimum Gasteiger partial charge on any atom is -0.475 e. The molecule has 0 bridgehead atoms. The number of Topliss-reactive ketones (excluding diaryl/α,β-unsaturated/α-hetero) is 1. The molecule has 0 aliphatic heterocycles. The van der Waals surface area contributed by atoms with E-state index in [9.17, 15) is 9.59 Å². The molecule has 0 spiro atoms. The lowest BCUT2D eigenvalue weighted by Gasteiger charge is -2.05. The van der Waals surface area contributed by atoms with Crippen molar-refractivity contribution in [2.24, 2.45) is 11.8 Å². The largest absolute Gasteiger partial charge is 0.475 e. The SMILES string of the molecule is CC(C(=O)c1ccc(C(=O)O)o1)C1CC1. The molecule has 0 aromatic carbocycles. The average Bonchev–Trinajstić information content (AvgIpc) is 2.93. The van der Waals surface area contributed by atoms with Crippen LogP contribution in [-0.4, -0.2) is 16.9 Å². The van der Waals surface area contributed by atoms with E-state index in [-0.39, 0.29) is 23.2 Å². The van der Waals surface area contributed by atoms with E-state index in [4.69, 9.17) is 9.52 Å². The standard InChI is InChI=1S/C11H12O4/c1-6(7-2-3-7)10(12)8-4-5-9(15-8)11(13)14/h4-7H,2-3H2,1H3,(H,13,14). The highest BCUT2D eigenvalue weighted by atomic mass is 16.4. The highest BCUT2D eigenvalue weighted by Crippen LogP contribution is 2.38. The third-order valence-corrected chi connectivity index (χ3v) is 2.80. The molecule has 15 heavy (non-hydrogen) atoms. The van der Waals surface area contributed by atoms with Gasteiger partial charge in [0.1, 0.15) is 0 Å². The van der Waals surface area contributed by atoms with Crippen molar-refractivity contribution in [1.29, 1.82) is 0 Å². The molecule has 1 aliphatic carbocycles. The maximum absolute atomic E-state index is 11.8. The number of furan rings is 1. The Hall–Kier alpha value is -1.58. The van der Waals surface area contributed by atoms with Crippen molar-refractivity contribution in [1.82, 2.24) is 0 Å². The van der Waals surface area contributed by atoms with Gasteiger partial charge in [0.25, 0.3) is 0 Å². The molecular weight excluding hydrogens is 196 g/mol. The molecule has 1 aromatic heterocycles. The second kappa shape index (κ2) is 3.53. The zero-order valence-electron chi connectivity index (χ0n) is 8.40. The zero-order chi connectivity index (χ0) is 11.0. The summed E-state index contributed by atoms with van der Waals surface area (Å²) in [7, 11) is 0. The van der Waals surface area contributed by atoms with E-state index in [0.29, 0.717) is 5.92 Å². The Labute approximate surface area is 86.9 Å². The highest BCUT2D eigenvalue weighted by molar-refractivity contribution is 5.96.